The summed E-state index contributed by atoms with van der Waals surface area (Å²) in [7, 11) is 1.56. The van der Waals surface area contributed by atoms with Crippen LogP contribution in [-0.4, -0.2) is 47.8 Å². The van der Waals surface area contributed by atoms with Crippen LogP contribution in [0.1, 0.15) is 34.3 Å². The van der Waals surface area contributed by atoms with E-state index in [0.717, 1.165) is 18.5 Å². The number of nitrogens with zero attached hydrogens (tertiary/aromatic N) is 2. The second-order valence-electron chi connectivity index (χ2n) is 7.07. The topological polar surface area (TPSA) is 66.9 Å². The van der Waals surface area contributed by atoms with Gasteiger partial charge in [0.1, 0.15) is 5.82 Å². The summed E-state index contributed by atoms with van der Waals surface area (Å²) in [5.41, 5.74) is 1.92. The maximum atomic E-state index is 13.2. The van der Waals surface area contributed by atoms with Gasteiger partial charge in [-0.15, -0.1) is 0 Å². The zero-order valence-corrected chi connectivity index (χ0v) is 16.3. The van der Waals surface area contributed by atoms with Gasteiger partial charge in [-0.2, -0.15) is 0 Å². The molecular weight excluding hydrogens is 375 g/mol. The molecule has 0 bridgehead atoms. The Morgan fingerprint density at radius 3 is 2.55 bits per heavy atom. The normalized spacial score (nSPS) is 13.4. The van der Waals surface area contributed by atoms with Gasteiger partial charge in [0.2, 0.25) is 5.91 Å². The maximum absolute atomic E-state index is 13.2. The number of carbonyl (C=O) groups excluding carboxylic acids is 3. The molecule has 6 nitrogen and oxygen atoms in total. The highest BCUT2D eigenvalue weighted by Gasteiger charge is 2.20. The van der Waals surface area contributed by atoms with Crippen LogP contribution < -0.4 is 0 Å². The summed E-state index contributed by atoms with van der Waals surface area (Å²) in [6.45, 7) is 1.11. The zero-order valence-electron chi connectivity index (χ0n) is 16.3. The molecule has 0 aromatic heterocycles. The molecule has 0 radical (unpaired) electrons. The van der Waals surface area contributed by atoms with Gasteiger partial charge < -0.3 is 14.5 Å². The van der Waals surface area contributed by atoms with Crippen LogP contribution >= 0.6 is 0 Å². The average molecular weight is 398 g/mol. The summed E-state index contributed by atoms with van der Waals surface area (Å²) in [6, 6.07) is 12.8. The van der Waals surface area contributed by atoms with Crippen molar-refractivity contribution in [2.45, 2.75) is 25.9 Å². The summed E-state index contributed by atoms with van der Waals surface area (Å²) in [4.78, 5) is 39.2. The molecule has 0 atom stereocenters. The van der Waals surface area contributed by atoms with Crippen molar-refractivity contribution in [2.24, 2.45) is 0 Å². The molecular formula is C22H23FN2O4. The Labute approximate surface area is 168 Å². The lowest BCUT2D eigenvalue weighted by Crippen LogP contribution is -2.30. The van der Waals surface area contributed by atoms with E-state index in [4.69, 9.17) is 4.74 Å². The van der Waals surface area contributed by atoms with Crippen molar-refractivity contribution < 1.29 is 23.5 Å². The molecule has 152 valence electrons. The molecule has 0 unspecified atom stereocenters. The molecule has 1 aliphatic rings. The highest BCUT2D eigenvalue weighted by atomic mass is 19.1. The number of likely N-dealkylation sites (tertiary alicyclic amines) is 1. The SMILES string of the molecule is CN(Cc1cccc(F)c1)C(=O)COC(=O)c1ccc(CN2CCCC2=O)cc1. The van der Waals surface area contributed by atoms with Gasteiger partial charge in [-0.05, 0) is 41.8 Å². The fourth-order valence-corrected chi connectivity index (χ4v) is 3.16. The second-order valence-corrected chi connectivity index (χ2v) is 7.07. The monoisotopic (exact) mass is 398 g/mol. The third kappa shape index (κ3) is 5.63. The molecule has 2 aromatic carbocycles. The lowest BCUT2D eigenvalue weighted by Gasteiger charge is -2.17. The first-order valence-corrected chi connectivity index (χ1v) is 9.44. The van der Waals surface area contributed by atoms with E-state index >= 15 is 0 Å². The van der Waals surface area contributed by atoms with Gasteiger partial charge >= 0.3 is 5.97 Å². The Morgan fingerprint density at radius 2 is 1.90 bits per heavy atom. The van der Waals surface area contributed by atoms with Crippen LogP contribution in [0, 0.1) is 5.82 Å². The van der Waals surface area contributed by atoms with Crippen LogP contribution in [0.4, 0.5) is 4.39 Å². The van der Waals surface area contributed by atoms with Crippen LogP contribution in [0.25, 0.3) is 0 Å². The van der Waals surface area contributed by atoms with Gasteiger partial charge in [0.25, 0.3) is 5.91 Å². The molecule has 29 heavy (non-hydrogen) atoms. The molecule has 2 aromatic rings. The fourth-order valence-electron chi connectivity index (χ4n) is 3.16. The molecule has 0 N–H and O–H groups in total. The lowest BCUT2D eigenvalue weighted by atomic mass is 10.1. The highest BCUT2D eigenvalue weighted by Crippen LogP contribution is 2.15. The van der Waals surface area contributed by atoms with Crippen LogP contribution in [0.3, 0.4) is 0 Å². The third-order valence-corrected chi connectivity index (χ3v) is 4.80. The Bertz CT molecular complexity index is 898. The molecule has 3 rings (SSSR count). The number of hydrogen-bond donors (Lipinski definition) is 0. The lowest BCUT2D eigenvalue weighted by molar-refractivity contribution is -0.133. The number of amides is 2. The second kappa shape index (κ2) is 9.32. The Balaban J connectivity index is 1.48. The third-order valence-electron chi connectivity index (χ3n) is 4.80. The highest BCUT2D eigenvalue weighted by molar-refractivity contribution is 5.91. The molecule has 2 amide bonds. The number of hydrogen-bond acceptors (Lipinski definition) is 4. The molecule has 0 spiro atoms. The van der Waals surface area contributed by atoms with Crippen molar-refractivity contribution >= 4 is 17.8 Å². The largest absolute Gasteiger partial charge is 0.452 e. The number of halogens is 1. The smallest absolute Gasteiger partial charge is 0.338 e. The number of rotatable bonds is 7. The van der Waals surface area contributed by atoms with Crippen LogP contribution in [0.15, 0.2) is 48.5 Å². The quantitative estimate of drug-likeness (QED) is 0.673. The van der Waals surface area contributed by atoms with E-state index < -0.39 is 12.6 Å². The van der Waals surface area contributed by atoms with Crippen molar-refractivity contribution in [1.29, 1.82) is 0 Å². The van der Waals surface area contributed by atoms with Gasteiger partial charge in [0.05, 0.1) is 5.56 Å². The summed E-state index contributed by atoms with van der Waals surface area (Å²) in [6.07, 6.45) is 1.47. The van der Waals surface area contributed by atoms with E-state index in [2.05, 4.69) is 0 Å². The van der Waals surface area contributed by atoms with E-state index in [0.29, 0.717) is 24.1 Å². The fraction of sp³-hybridized carbons (Fsp3) is 0.318. The van der Waals surface area contributed by atoms with Crippen molar-refractivity contribution in [1.82, 2.24) is 9.80 Å². The summed E-state index contributed by atoms with van der Waals surface area (Å²) in [5, 5.41) is 0. The van der Waals surface area contributed by atoms with Crippen LogP contribution in [0.2, 0.25) is 0 Å². The van der Waals surface area contributed by atoms with E-state index in [1.165, 1.54) is 17.0 Å². The van der Waals surface area contributed by atoms with Crippen molar-refractivity contribution in [3.05, 3.63) is 71.0 Å². The summed E-state index contributed by atoms with van der Waals surface area (Å²) in [5.74, 6) is -1.20. The molecule has 1 heterocycles. The number of benzene rings is 2. The van der Waals surface area contributed by atoms with E-state index in [9.17, 15) is 18.8 Å². The molecule has 0 saturated carbocycles. The Kier molecular flexibility index (Phi) is 6.59. The Hall–Kier alpha value is -3.22. The number of likely N-dealkylation sites (N-methyl/N-ethyl adjacent to an activating group) is 1. The first-order valence-electron chi connectivity index (χ1n) is 9.44. The zero-order chi connectivity index (χ0) is 20.8. The molecule has 7 heteroatoms. The molecule has 1 fully saturated rings. The molecule has 0 aliphatic carbocycles. The molecule has 1 aliphatic heterocycles. The first-order chi connectivity index (χ1) is 13.9. The summed E-state index contributed by atoms with van der Waals surface area (Å²) >= 11 is 0. The number of ether oxygens (including phenoxy) is 1. The van der Waals surface area contributed by atoms with Gasteiger partial charge in [0, 0.05) is 33.1 Å². The van der Waals surface area contributed by atoms with E-state index in [1.54, 1.807) is 48.3 Å². The predicted octanol–water partition coefficient (Wildman–Crippen LogP) is 2.76. The summed E-state index contributed by atoms with van der Waals surface area (Å²) < 4.78 is 18.3. The van der Waals surface area contributed by atoms with Gasteiger partial charge in [-0.25, -0.2) is 9.18 Å². The average Bonchev–Trinajstić information content (AvgIpc) is 3.11. The van der Waals surface area contributed by atoms with Crippen molar-refractivity contribution in [3.8, 4) is 0 Å². The van der Waals surface area contributed by atoms with Gasteiger partial charge in [0.15, 0.2) is 6.61 Å². The minimum absolute atomic E-state index is 0.148. The van der Waals surface area contributed by atoms with Crippen molar-refractivity contribution in [3.63, 3.8) is 0 Å². The predicted molar refractivity (Wildman–Crippen MR) is 104 cm³/mol. The van der Waals surface area contributed by atoms with Gasteiger partial charge in [-0.3, -0.25) is 9.59 Å². The Morgan fingerprint density at radius 1 is 1.14 bits per heavy atom. The van der Waals surface area contributed by atoms with Crippen molar-refractivity contribution in [2.75, 3.05) is 20.2 Å². The minimum Gasteiger partial charge on any atom is -0.452 e. The first kappa shape index (κ1) is 20.5. The molecule has 1 saturated heterocycles. The number of carbonyl (C=O) groups is 3. The standard InChI is InChI=1S/C22H23FN2O4/c1-24(13-17-4-2-5-19(23)12-17)21(27)15-29-22(28)18-9-7-16(8-10-18)14-25-11-3-6-20(25)26/h2,4-5,7-10,12H,3,6,11,13-15H2,1H3. The minimum atomic E-state index is -0.596. The van der Waals surface area contributed by atoms with E-state index in [-0.39, 0.29) is 24.2 Å². The maximum Gasteiger partial charge on any atom is 0.338 e. The van der Waals surface area contributed by atoms with Crippen LogP contribution in [0.5, 0.6) is 0 Å². The van der Waals surface area contributed by atoms with E-state index in [1.807, 2.05) is 0 Å². The van der Waals surface area contributed by atoms with Crippen LogP contribution in [-0.2, 0) is 27.4 Å². The number of esters is 1. The van der Waals surface area contributed by atoms with Gasteiger partial charge in [-0.1, -0.05) is 24.3 Å².